The molecule has 6 fully saturated rings. The van der Waals surface area contributed by atoms with E-state index in [1.165, 1.54) is 0 Å². The summed E-state index contributed by atoms with van der Waals surface area (Å²) in [7, 11) is 0. The van der Waals surface area contributed by atoms with E-state index in [1.807, 2.05) is 0 Å². The molecule has 0 spiro atoms. The van der Waals surface area contributed by atoms with Gasteiger partial charge in [0.2, 0.25) is 0 Å². The van der Waals surface area contributed by atoms with Gasteiger partial charge in [0.1, 0.15) is 146 Å². The lowest BCUT2D eigenvalue weighted by Crippen LogP contribution is -2.66. The highest BCUT2D eigenvalue weighted by Crippen LogP contribution is 2.34. The van der Waals surface area contributed by atoms with Gasteiger partial charge in [0.15, 0.2) is 37.7 Å². The molecule has 20 N–H and O–H groups in total. The second-order valence-corrected chi connectivity index (χ2v) is 16.9. The molecule has 0 radical (unpaired) electrons. The third-order valence-electron chi connectivity index (χ3n) is 12.4. The van der Waals surface area contributed by atoms with Crippen molar-refractivity contribution >= 4 is 0 Å². The van der Waals surface area contributed by atoms with Gasteiger partial charge in [-0.3, -0.25) is 0 Å². The molecule has 6 saturated heterocycles. The van der Waals surface area contributed by atoms with Crippen LogP contribution in [0.15, 0.2) is 0 Å². The fourth-order valence-corrected chi connectivity index (χ4v) is 8.16. The lowest BCUT2D eigenvalue weighted by molar-refractivity contribution is -0.386. The normalized spacial score (nSPS) is 53.4. The number of ether oxygens (including phenoxy) is 11. The molecule has 0 bridgehead atoms. The van der Waals surface area contributed by atoms with Gasteiger partial charge in [-0.25, -0.2) is 0 Å². The SMILES string of the molecule is OC[C@H]1O[C@@H](OC[C@H]2O[C@@H](OC[C@H]3O[C@@H](OC[C@H]4O[C@@H](O)[C@@H](O)[C@@H](O)[C@@H]4O)[C@@H](O[C@@H]4O[C@H](CO)[C@@H](O)[C@H](O)[C@@H]4O)[C@@H](O)[C@@H]3O)[C@@H](O[C@@H]3O[C@H](CO)[C@@H](O)[C@H](O)[C@@H]3O)[C@@H](O)[C@@H]2O)[C@@H](O)[C@@H](O)[C@@H]1O. The van der Waals surface area contributed by atoms with Crippen LogP contribution in [0.2, 0.25) is 0 Å². The van der Waals surface area contributed by atoms with E-state index in [4.69, 9.17) is 52.1 Å². The van der Waals surface area contributed by atoms with Crippen LogP contribution >= 0.6 is 0 Å². The molecule has 0 amide bonds. The summed E-state index contributed by atoms with van der Waals surface area (Å²) in [5, 5.41) is 208. The van der Waals surface area contributed by atoms with Crippen LogP contribution in [-0.4, -0.2) is 326 Å². The highest BCUT2D eigenvalue weighted by Gasteiger charge is 2.55. The molecule has 67 heavy (non-hydrogen) atoms. The minimum Gasteiger partial charge on any atom is -0.394 e. The smallest absolute Gasteiger partial charge is 0.187 e. The quantitative estimate of drug-likeness (QED) is 0.0683. The van der Waals surface area contributed by atoms with Crippen LogP contribution in [0.5, 0.6) is 0 Å². The Morgan fingerprint density at radius 3 is 0.896 bits per heavy atom. The zero-order chi connectivity index (χ0) is 49.3. The van der Waals surface area contributed by atoms with Gasteiger partial charge in [0.25, 0.3) is 0 Å². The monoisotopic (exact) mass is 990 g/mol. The van der Waals surface area contributed by atoms with Gasteiger partial charge in [0.05, 0.1) is 39.6 Å². The van der Waals surface area contributed by atoms with E-state index < -0.39 is 224 Å². The molecule has 31 heteroatoms. The molecule has 30 atom stereocenters. The molecule has 0 aromatic carbocycles. The Bertz CT molecular complexity index is 1500. The van der Waals surface area contributed by atoms with Crippen molar-refractivity contribution in [3.8, 4) is 0 Å². The molecule has 0 saturated carbocycles. The van der Waals surface area contributed by atoms with E-state index in [1.54, 1.807) is 0 Å². The van der Waals surface area contributed by atoms with Gasteiger partial charge in [-0.2, -0.15) is 0 Å². The van der Waals surface area contributed by atoms with E-state index in [-0.39, 0.29) is 0 Å². The fourth-order valence-electron chi connectivity index (χ4n) is 8.16. The third kappa shape index (κ3) is 11.7. The van der Waals surface area contributed by atoms with Crippen molar-refractivity contribution in [2.75, 3.05) is 39.6 Å². The predicted octanol–water partition coefficient (Wildman–Crippen LogP) is -14.1. The zero-order valence-corrected chi connectivity index (χ0v) is 35.0. The van der Waals surface area contributed by atoms with Crippen LogP contribution in [0.4, 0.5) is 0 Å². The summed E-state index contributed by atoms with van der Waals surface area (Å²) in [6.45, 7) is -5.26. The predicted molar refractivity (Wildman–Crippen MR) is 199 cm³/mol. The lowest BCUT2D eigenvalue weighted by Gasteiger charge is -2.48. The minimum absolute atomic E-state index is 0.822. The van der Waals surface area contributed by atoms with Crippen LogP contribution in [0.25, 0.3) is 0 Å². The molecule has 0 aromatic heterocycles. The zero-order valence-electron chi connectivity index (χ0n) is 35.0. The van der Waals surface area contributed by atoms with Gasteiger partial charge in [-0.15, -0.1) is 0 Å². The summed E-state index contributed by atoms with van der Waals surface area (Å²) in [5.74, 6) is 0. The van der Waals surface area contributed by atoms with Crippen molar-refractivity contribution in [1.29, 1.82) is 0 Å². The maximum absolute atomic E-state index is 11.5. The van der Waals surface area contributed by atoms with Crippen LogP contribution in [-0.2, 0) is 52.1 Å². The van der Waals surface area contributed by atoms with Gasteiger partial charge in [-0.05, 0) is 0 Å². The van der Waals surface area contributed by atoms with E-state index in [0.29, 0.717) is 0 Å². The lowest BCUT2D eigenvalue weighted by atomic mass is 9.96. The van der Waals surface area contributed by atoms with E-state index in [2.05, 4.69) is 0 Å². The van der Waals surface area contributed by atoms with E-state index >= 15 is 0 Å². The van der Waals surface area contributed by atoms with Crippen molar-refractivity contribution in [1.82, 2.24) is 0 Å². The van der Waals surface area contributed by atoms with Crippen molar-refractivity contribution in [2.45, 2.75) is 184 Å². The molecule has 6 aliphatic heterocycles. The number of aliphatic hydroxyl groups is 20. The Morgan fingerprint density at radius 1 is 0.254 bits per heavy atom. The van der Waals surface area contributed by atoms with Gasteiger partial charge < -0.3 is 154 Å². The number of hydrogen-bond acceptors (Lipinski definition) is 31. The van der Waals surface area contributed by atoms with Gasteiger partial charge in [0, 0.05) is 0 Å². The molecule has 0 aromatic rings. The first-order chi connectivity index (χ1) is 31.6. The number of hydrogen-bond donors (Lipinski definition) is 20. The van der Waals surface area contributed by atoms with Crippen LogP contribution in [0, 0.1) is 0 Å². The van der Waals surface area contributed by atoms with Crippen molar-refractivity contribution < 1.29 is 154 Å². The Morgan fingerprint density at radius 2 is 0.522 bits per heavy atom. The molecule has 6 heterocycles. The summed E-state index contributed by atoms with van der Waals surface area (Å²) in [6, 6.07) is 0. The maximum atomic E-state index is 11.5. The third-order valence-corrected chi connectivity index (χ3v) is 12.4. The highest BCUT2D eigenvalue weighted by atomic mass is 16.8. The van der Waals surface area contributed by atoms with Crippen molar-refractivity contribution in [3.05, 3.63) is 0 Å². The van der Waals surface area contributed by atoms with Gasteiger partial charge in [-0.1, -0.05) is 0 Å². The summed E-state index contributed by atoms with van der Waals surface area (Å²) in [6.07, 6.45) is -57.1. The van der Waals surface area contributed by atoms with E-state index in [0.717, 1.165) is 0 Å². The summed E-state index contributed by atoms with van der Waals surface area (Å²) in [4.78, 5) is 0. The van der Waals surface area contributed by atoms with Crippen LogP contribution < -0.4 is 0 Å². The van der Waals surface area contributed by atoms with E-state index in [9.17, 15) is 102 Å². The molecule has 392 valence electrons. The average molecular weight is 991 g/mol. The number of rotatable bonds is 16. The Hall–Kier alpha value is -1.24. The molecular formula is C36H62O31. The first-order valence-electron chi connectivity index (χ1n) is 21.1. The highest BCUT2D eigenvalue weighted by molar-refractivity contribution is 4.98. The molecule has 31 nitrogen and oxygen atoms in total. The molecule has 0 unspecified atom stereocenters. The fraction of sp³-hybridized carbons (Fsp3) is 1.00. The Kier molecular flexibility index (Phi) is 19.4. The largest absolute Gasteiger partial charge is 0.394 e. The second kappa shape index (κ2) is 23.5. The molecule has 6 rings (SSSR count). The Labute approximate surface area is 378 Å². The Balaban J connectivity index is 1.23. The first-order valence-corrected chi connectivity index (χ1v) is 21.1. The van der Waals surface area contributed by atoms with Crippen molar-refractivity contribution in [3.63, 3.8) is 0 Å². The maximum Gasteiger partial charge on any atom is 0.187 e. The number of aliphatic hydroxyl groups excluding tert-OH is 20. The standard InChI is InChI=1S/C36H62O31/c37-1-7-13(40)20(47)26(53)32(61-7)57-5-11-17(44)23(50)30(67-34-28(55)22(49)15(42)9(3-39)63-34)36(64-11)59-6-12-18(45)24(51)29(66-33-27(54)21(48)14(41)8(2-38)62-33)35(65-12)58-4-10-16(43)19(46)25(52)31(56)60-10/h7-56H,1-6H2/t7-,8-,9-,10-,11-,12-,13-,14-,15-,16-,17-,18-,19+,20+,21+,22+,23+,24+,25+,26+,27+,28+,29+,30+,31-,32-,33+,34+,35-,36-/m1/s1. The van der Waals surface area contributed by atoms with Crippen molar-refractivity contribution in [2.24, 2.45) is 0 Å². The van der Waals surface area contributed by atoms with Gasteiger partial charge >= 0.3 is 0 Å². The molecule has 0 aliphatic carbocycles. The first kappa shape index (κ1) is 55.1. The summed E-state index contributed by atoms with van der Waals surface area (Å²) >= 11 is 0. The topological polar surface area (TPSA) is 506 Å². The summed E-state index contributed by atoms with van der Waals surface area (Å²) in [5.41, 5.74) is 0. The molecular weight excluding hydrogens is 928 g/mol. The van der Waals surface area contributed by atoms with Crippen LogP contribution in [0.3, 0.4) is 0 Å². The minimum atomic E-state index is -2.17. The summed E-state index contributed by atoms with van der Waals surface area (Å²) < 4.78 is 61.3. The second-order valence-electron chi connectivity index (χ2n) is 16.9. The average Bonchev–Trinajstić information content (AvgIpc) is 3.31. The van der Waals surface area contributed by atoms with Crippen LogP contribution in [0.1, 0.15) is 0 Å². The molecule has 6 aliphatic rings.